The number of hydrogen-bond donors (Lipinski definition) is 2. The zero-order valence-electron chi connectivity index (χ0n) is 11.4. The first kappa shape index (κ1) is 17.6. The van der Waals surface area contributed by atoms with Gasteiger partial charge in [0.05, 0.1) is 17.1 Å². The van der Waals surface area contributed by atoms with E-state index in [1.807, 2.05) is 0 Å². The van der Waals surface area contributed by atoms with E-state index in [0.29, 0.717) is 5.56 Å². The lowest BCUT2D eigenvalue weighted by atomic mass is 10.1. The van der Waals surface area contributed by atoms with Gasteiger partial charge in [0.15, 0.2) is 0 Å². The fraction of sp³-hybridized carbons (Fsp3) is 0.417. The average molecular weight is 335 g/mol. The molecule has 9 heteroatoms. The zero-order chi connectivity index (χ0) is 16.1. The molecule has 1 rings (SSSR count). The minimum atomic E-state index is -3.63. The second-order valence-corrected chi connectivity index (χ2v) is 8.71. The van der Waals surface area contributed by atoms with Crippen molar-refractivity contribution in [1.82, 2.24) is 4.72 Å². The number of carbonyl (C=O) groups is 1. The Morgan fingerprint density at radius 1 is 1.24 bits per heavy atom. The predicted octanol–water partition coefficient (Wildman–Crippen LogP) is 0.239. The summed E-state index contributed by atoms with van der Waals surface area (Å²) in [7, 11) is -6.75. The molecule has 0 heterocycles. The van der Waals surface area contributed by atoms with Gasteiger partial charge in [-0.05, 0) is 24.1 Å². The minimum Gasteiger partial charge on any atom is -0.478 e. The summed E-state index contributed by atoms with van der Waals surface area (Å²) in [6.45, 7) is 0.0218. The third kappa shape index (κ3) is 7.21. The van der Waals surface area contributed by atoms with Crippen LogP contribution in [0.2, 0.25) is 0 Å². The molecule has 0 saturated heterocycles. The van der Waals surface area contributed by atoms with E-state index >= 15 is 0 Å². The van der Waals surface area contributed by atoms with E-state index in [1.54, 1.807) is 0 Å². The molecule has 1 aromatic carbocycles. The lowest BCUT2D eigenvalue weighted by Gasteiger charge is -2.07. The van der Waals surface area contributed by atoms with Gasteiger partial charge in [-0.2, -0.15) is 0 Å². The van der Waals surface area contributed by atoms with Crippen LogP contribution in [0.4, 0.5) is 0 Å². The van der Waals surface area contributed by atoms with Gasteiger partial charge in [0.2, 0.25) is 10.0 Å². The first-order chi connectivity index (χ1) is 9.59. The molecule has 7 nitrogen and oxygen atoms in total. The topological polar surface area (TPSA) is 118 Å². The van der Waals surface area contributed by atoms with Crippen molar-refractivity contribution in [2.45, 2.75) is 12.2 Å². The molecule has 0 atom stereocenters. The number of benzene rings is 1. The fourth-order valence-electron chi connectivity index (χ4n) is 1.63. The molecule has 0 aliphatic carbocycles. The second kappa shape index (κ2) is 7.01. The molecule has 2 N–H and O–H groups in total. The van der Waals surface area contributed by atoms with E-state index in [4.69, 9.17) is 5.11 Å². The van der Waals surface area contributed by atoms with Gasteiger partial charge in [-0.25, -0.2) is 26.4 Å². The highest BCUT2D eigenvalue weighted by molar-refractivity contribution is 7.90. The normalized spacial score (nSPS) is 12.2. The summed E-state index contributed by atoms with van der Waals surface area (Å²) in [4.78, 5) is 10.8. The van der Waals surface area contributed by atoms with Crippen LogP contribution in [-0.2, 0) is 25.6 Å². The van der Waals surface area contributed by atoms with Gasteiger partial charge in [0.25, 0.3) is 0 Å². The number of hydrogen-bond acceptors (Lipinski definition) is 5. The van der Waals surface area contributed by atoms with Crippen molar-refractivity contribution >= 4 is 25.8 Å². The summed E-state index contributed by atoms with van der Waals surface area (Å²) in [5.41, 5.74) is 0.366. The number of sulfonamides is 1. The molecule has 0 aliphatic rings. The lowest BCUT2D eigenvalue weighted by Crippen LogP contribution is -2.27. The molecule has 21 heavy (non-hydrogen) atoms. The minimum absolute atomic E-state index is 0.0137. The van der Waals surface area contributed by atoms with E-state index in [-0.39, 0.29) is 30.0 Å². The van der Waals surface area contributed by atoms with Gasteiger partial charge in [-0.15, -0.1) is 0 Å². The van der Waals surface area contributed by atoms with Gasteiger partial charge in [-0.1, -0.05) is 12.1 Å². The summed E-state index contributed by atoms with van der Waals surface area (Å²) in [5, 5.41) is 8.84. The molecule has 0 spiro atoms. The number of rotatable bonds is 8. The fourth-order valence-corrected chi connectivity index (χ4v) is 3.47. The van der Waals surface area contributed by atoms with Gasteiger partial charge in [0.1, 0.15) is 9.84 Å². The van der Waals surface area contributed by atoms with Crippen LogP contribution in [0.1, 0.15) is 22.3 Å². The molecule has 0 saturated carbocycles. The number of sulfone groups is 1. The molecule has 118 valence electrons. The maximum atomic E-state index is 11.8. The average Bonchev–Trinajstić information content (AvgIpc) is 2.33. The Labute approximate surface area is 124 Å². The Balaban J connectivity index is 2.60. The summed E-state index contributed by atoms with van der Waals surface area (Å²) in [6.07, 6.45) is 1.27. The second-order valence-electron chi connectivity index (χ2n) is 4.64. The molecule has 1 aromatic rings. The Bertz CT molecular complexity index is 709. The van der Waals surface area contributed by atoms with Crippen LogP contribution in [0.25, 0.3) is 0 Å². The largest absolute Gasteiger partial charge is 0.478 e. The highest BCUT2D eigenvalue weighted by Crippen LogP contribution is 2.08. The lowest BCUT2D eigenvalue weighted by molar-refractivity contribution is 0.0696. The van der Waals surface area contributed by atoms with Crippen LogP contribution in [0.5, 0.6) is 0 Å². The van der Waals surface area contributed by atoms with Gasteiger partial charge < -0.3 is 5.11 Å². The maximum absolute atomic E-state index is 11.8. The van der Waals surface area contributed by atoms with E-state index < -0.39 is 25.8 Å². The van der Waals surface area contributed by atoms with Crippen LogP contribution in [0, 0.1) is 0 Å². The summed E-state index contributed by atoms with van der Waals surface area (Å²) in [5.74, 6) is -1.58. The summed E-state index contributed by atoms with van der Waals surface area (Å²) >= 11 is 0. The Morgan fingerprint density at radius 2 is 1.90 bits per heavy atom. The third-order valence-electron chi connectivity index (χ3n) is 2.54. The van der Waals surface area contributed by atoms with Crippen molar-refractivity contribution in [3.8, 4) is 0 Å². The first-order valence-corrected chi connectivity index (χ1v) is 9.78. The highest BCUT2D eigenvalue weighted by atomic mass is 32.2. The van der Waals surface area contributed by atoms with Crippen LogP contribution in [0.3, 0.4) is 0 Å². The van der Waals surface area contributed by atoms with Crippen LogP contribution >= 0.6 is 0 Å². The first-order valence-electron chi connectivity index (χ1n) is 6.06. The standard InChI is InChI=1S/C12H17NO6S2/c1-20(16,17)7-3-6-13-21(18,19)9-10-4-2-5-11(8-10)12(14)15/h2,4-5,8,13H,3,6-7,9H2,1H3,(H,14,15). The molecule has 0 bridgehead atoms. The predicted molar refractivity (Wildman–Crippen MR) is 78.4 cm³/mol. The molecule has 0 aliphatic heterocycles. The maximum Gasteiger partial charge on any atom is 0.335 e. The number of carboxylic acids is 1. The molecule has 0 fully saturated rings. The van der Waals surface area contributed by atoms with Crippen molar-refractivity contribution in [2.75, 3.05) is 18.6 Å². The molecular weight excluding hydrogens is 318 g/mol. The van der Waals surface area contributed by atoms with E-state index in [9.17, 15) is 21.6 Å². The highest BCUT2D eigenvalue weighted by Gasteiger charge is 2.13. The van der Waals surface area contributed by atoms with E-state index in [0.717, 1.165) is 6.26 Å². The molecule has 0 amide bonds. The zero-order valence-corrected chi connectivity index (χ0v) is 13.1. The monoisotopic (exact) mass is 335 g/mol. The quantitative estimate of drug-likeness (QED) is 0.657. The van der Waals surface area contributed by atoms with Crippen molar-refractivity contribution < 1.29 is 26.7 Å². The Hall–Kier alpha value is -1.45. The summed E-state index contributed by atoms with van der Waals surface area (Å²) < 4.78 is 47.7. The number of aromatic carboxylic acids is 1. The van der Waals surface area contributed by atoms with Crippen molar-refractivity contribution in [3.05, 3.63) is 35.4 Å². The Kier molecular flexibility index (Phi) is 5.87. The Morgan fingerprint density at radius 3 is 2.48 bits per heavy atom. The SMILES string of the molecule is CS(=O)(=O)CCCNS(=O)(=O)Cc1cccc(C(=O)O)c1. The summed E-state index contributed by atoms with van der Waals surface area (Å²) in [6, 6.07) is 5.65. The number of carboxylic acid groups (broad SMARTS) is 1. The van der Waals surface area contributed by atoms with Crippen molar-refractivity contribution in [3.63, 3.8) is 0 Å². The third-order valence-corrected chi connectivity index (χ3v) is 4.93. The number of nitrogens with one attached hydrogen (secondary N) is 1. The molecular formula is C12H17NO6S2. The van der Waals surface area contributed by atoms with E-state index in [1.165, 1.54) is 24.3 Å². The molecule has 0 radical (unpaired) electrons. The van der Waals surface area contributed by atoms with Gasteiger partial charge in [0, 0.05) is 12.8 Å². The molecule has 0 aromatic heterocycles. The van der Waals surface area contributed by atoms with Gasteiger partial charge in [-0.3, -0.25) is 0 Å². The molecule has 0 unspecified atom stereocenters. The van der Waals surface area contributed by atoms with Crippen molar-refractivity contribution in [2.24, 2.45) is 0 Å². The smallest absolute Gasteiger partial charge is 0.335 e. The van der Waals surface area contributed by atoms with Crippen molar-refractivity contribution in [1.29, 1.82) is 0 Å². The van der Waals surface area contributed by atoms with Crippen LogP contribution < -0.4 is 4.72 Å². The van der Waals surface area contributed by atoms with E-state index in [2.05, 4.69) is 4.72 Å². The van der Waals surface area contributed by atoms with Crippen LogP contribution in [-0.4, -0.2) is 46.5 Å². The van der Waals surface area contributed by atoms with Crippen LogP contribution in [0.15, 0.2) is 24.3 Å². The van der Waals surface area contributed by atoms with Gasteiger partial charge >= 0.3 is 5.97 Å².